The first-order valence-corrected chi connectivity index (χ1v) is 11.9. The van der Waals surface area contributed by atoms with Crippen LogP contribution in [0.5, 0.6) is 5.75 Å². The summed E-state index contributed by atoms with van der Waals surface area (Å²) in [5.41, 5.74) is 5.71. The molecule has 0 bridgehead atoms. The third kappa shape index (κ3) is 3.51. The van der Waals surface area contributed by atoms with E-state index in [1.807, 2.05) is 60.7 Å². The fourth-order valence-corrected chi connectivity index (χ4v) is 5.66. The van der Waals surface area contributed by atoms with E-state index in [-0.39, 0.29) is 11.0 Å². The SMILES string of the molecule is O=C(Oc1ccc(C2Sc3ccccc3NC3=C2C(=O)c2ccccc23)cc1)c1ccccc1. The maximum absolute atomic E-state index is 13.5. The highest BCUT2D eigenvalue weighted by Gasteiger charge is 2.38. The molecule has 0 radical (unpaired) electrons. The van der Waals surface area contributed by atoms with Gasteiger partial charge in [0.15, 0.2) is 5.78 Å². The number of hydrogen-bond acceptors (Lipinski definition) is 5. The summed E-state index contributed by atoms with van der Waals surface area (Å²) in [6.45, 7) is 0. The van der Waals surface area contributed by atoms with Crippen molar-refractivity contribution in [1.29, 1.82) is 0 Å². The van der Waals surface area contributed by atoms with Gasteiger partial charge in [0.2, 0.25) is 0 Å². The molecule has 1 unspecified atom stereocenters. The Bertz CT molecular complexity index is 1460. The van der Waals surface area contributed by atoms with Crippen LogP contribution in [-0.4, -0.2) is 11.8 Å². The number of anilines is 1. The number of rotatable bonds is 3. The van der Waals surface area contributed by atoms with Crippen LogP contribution < -0.4 is 10.1 Å². The van der Waals surface area contributed by atoms with Crippen molar-refractivity contribution < 1.29 is 14.3 Å². The number of esters is 1. The van der Waals surface area contributed by atoms with Crippen LogP contribution in [0.25, 0.3) is 5.70 Å². The molecule has 4 aromatic rings. The highest BCUT2D eigenvalue weighted by molar-refractivity contribution is 8.00. The summed E-state index contributed by atoms with van der Waals surface area (Å²) >= 11 is 1.65. The summed E-state index contributed by atoms with van der Waals surface area (Å²) in [5, 5.41) is 3.33. The van der Waals surface area contributed by atoms with Gasteiger partial charge in [-0.15, -0.1) is 11.8 Å². The Morgan fingerprint density at radius 2 is 1.44 bits per heavy atom. The van der Waals surface area contributed by atoms with Crippen LogP contribution in [0.2, 0.25) is 0 Å². The molecule has 0 saturated carbocycles. The molecule has 1 atom stereocenters. The Balaban J connectivity index is 1.37. The van der Waals surface area contributed by atoms with Crippen molar-refractivity contribution >= 4 is 34.9 Å². The monoisotopic (exact) mass is 461 g/mol. The Labute approximate surface area is 201 Å². The normalized spacial score (nSPS) is 16.1. The number of carbonyl (C=O) groups is 2. The number of thioether (sulfide) groups is 1. The van der Waals surface area contributed by atoms with E-state index >= 15 is 0 Å². The molecule has 0 saturated heterocycles. The number of nitrogens with one attached hydrogen (secondary N) is 1. The zero-order valence-corrected chi connectivity index (χ0v) is 18.8. The highest BCUT2D eigenvalue weighted by atomic mass is 32.2. The van der Waals surface area contributed by atoms with E-state index < -0.39 is 5.97 Å². The average molecular weight is 462 g/mol. The van der Waals surface area contributed by atoms with Gasteiger partial charge >= 0.3 is 5.97 Å². The van der Waals surface area contributed by atoms with Crippen LogP contribution in [0.1, 0.15) is 37.1 Å². The Morgan fingerprint density at radius 3 is 2.24 bits per heavy atom. The van der Waals surface area contributed by atoms with E-state index in [1.165, 1.54) is 0 Å². The summed E-state index contributed by atoms with van der Waals surface area (Å²) in [6, 6.07) is 32.2. The van der Waals surface area contributed by atoms with E-state index in [0.29, 0.717) is 11.3 Å². The number of ether oxygens (including phenoxy) is 1. The first kappa shape index (κ1) is 20.5. The molecule has 1 aliphatic heterocycles. The molecule has 34 heavy (non-hydrogen) atoms. The summed E-state index contributed by atoms with van der Waals surface area (Å²) in [7, 11) is 0. The predicted molar refractivity (Wildman–Crippen MR) is 134 cm³/mol. The minimum absolute atomic E-state index is 0.0444. The van der Waals surface area contributed by atoms with E-state index in [9.17, 15) is 9.59 Å². The second-order valence-corrected chi connectivity index (χ2v) is 9.25. The third-order valence-electron chi connectivity index (χ3n) is 6.01. The maximum atomic E-state index is 13.5. The molecule has 0 spiro atoms. The van der Waals surface area contributed by atoms with Gasteiger partial charge in [-0.2, -0.15) is 0 Å². The number of para-hydroxylation sites is 1. The van der Waals surface area contributed by atoms with E-state index in [1.54, 1.807) is 48.2 Å². The molecule has 2 aliphatic rings. The molecule has 1 aliphatic carbocycles. The number of ketones is 1. The molecule has 1 heterocycles. The molecule has 0 aromatic heterocycles. The van der Waals surface area contributed by atoms with Gasteiger partial charge in [-0.05, 0) is 42.0 Å². The maximum Gasteiger partial charge on any atom is 0.343 e. The van der Waals surface area contributed by atoms with Crippen molar-refractivity contribution in [3.63, 3.8) is 0 Å². The van der Waals surface area contributed by atoms with Gasteiger partial charge in [0.1, 0.15) is 5.75 Å². The van der Waals surface area contributed by atoms with Gasteiger partial charge in [0, 0.05) is 21.6 Å². The summed E-state index contributed by atoms with van der Waals surface area (Å²) < 4.78 is 5.55. The van der Waals surface area contributed by atoms with Gasteiger partial charge < -0.3 is 10.1 Å². The van der Waals surface area contributed by atoms with Crippen molar-refractivity contribution in [1.82, 2.24) is 0 Å². The third-order valence-corrected chi connectivity index (χ3v) is 7.37. The lowest BCUT2D eigenvalue weighted by Gasteiger charge is -2.17. The van der Waals surface area contributed by atoms with Crippen LogP contribution >= 0.6 is 11.8 Å². The first-order chi connectivity index (χ1) is 16.7. The molecule has 4 nitrogen and oxygen atoms in total. The van der Waals surface area contributed by atoms with Crippen LogP contribution in [0.15, 0.2) is 114 Å². The van der Waals surface area contributed by atoms with Crippen molar-refractivity contribution in [2.45, 2.75) is 10.1 Å². The van der Waals surface area contributed by atoms with Crippen LogP contribution in [0, 0.1) is 0 Å². The number of hydrogen-bond donors (Lipinski definition) is 1. The van der Waals surface area contributed by atoms with Crippen molar-refractivity contribution in [2.24, 2.45) is 0 Å². The van der Waals surface area contributed by atoms with Crippen molar-refractivity contribution in [2.75, 3.05) is 5.32 Å². The van der Waals surface area contributed by atoms with Gasteiger partial charge in [-0.3, -0.25) is 4.79 Å². The minimum Gasteiger partial charge on any atom is -0.423 e. The molecular formula is C29H19NO3S. The van der Waals surface area contributed by atoms with E-state index in [2.05, 4.69) is 11.4 Å². The van der Waals surface area contributed by atoms with Gasteiger partial charge in [-0.25, -0.2) is 4.79 Å². The van der Waals surface area contributed by atoms with Gasteiger partial charge in [0.05, 0.1) is 22.2 Å². The standard InChI is InChI=1S/C29H19NO3S/c31-27-22-11-5-4-10-21(22)26-25(27)28(34-24-13-7-6-12-23(24)30-26)18-14-16-20(17-15-18)33-29(32)19-8-2-1-3-9-19/h1-17,28,30H. The lowest BCUT2D eigenvalue weighted by Crippen LogP contribution is -2.09. The molecule has 1 N–H and O–H groups in total. The molecule has 4 aromatic carbocycles. The zero-order valence-electron chi connectivity index (χ0n) is 18.0. The fraction of sp³-hybridized carbons (Fsp3) is 0.0345. The van der Waals surface area contributed by atoms with Crippen molar-refractivity contribution in [3.8, 4) is 5.75 Å². The second kappa shape index (κ2) is 8.36. The Kier molecular flexibility index (Phi) is 5.04. The second-order valence-electron chi connectivity index (χ2n) is 8.11. The molecule has 164 valence electrons. The smallest absolute Gasteiger partial charge is 0.343 e. The molecule has 0 fully saturated rings. The summed E-state index contributed by atoms with van der Waals surface area (Å²) in [4.78, 5) is 27.0. The van der Waals surface area contributed by atoms with Crippen LogP contribution in [0.4, 0.5) is 5.69 Å². The topological polar surface area (TPSA) is 55.4 Å². The largest absolute Gasteiger partial charge is 0.423 e. The minimum atomic E-state index is -0.401. The number of benzene rings is 4. The number of Topliss-reactive ketones (excluding diaryl/α,β-unsaturated/α-hetero) is 1. The van der Waals surface area contributed by atoms with Crippen LogP contribution in [0.3, 0.4) is 0 Å². The zero-order chi connectivity index (χ0) is 23.1. The average Bonchev–Trinajstić information content (AvgIpc) is 3.04. The van der Waals surface area contributed by atoms with Crippen LogP contribution in [-0.2, 0) is 0 Å². The highest BCUT2D eigenvalue weighted by Crippen LogP contribution is 2.52. The van der Waals surface area contributed by atoms with Crippen molar-refractivity contribution in [3.05, 3.63) is 131 Å². The number of carbonyl (C=O) groups excluding carboxylic acids is 2. The lowest BCUT2D eigenvalue weighted by atomic mass is 10.0. The quantitative estimate of drug-likeness (QED) is 0.269. The Hall–Kier alpha value is -4.09. The molecule has 6 rings (SSSR count). The fourth-order valence-electron chi connectivity index (χ4n) is 4.37. The first-order valence-electron chi connectivity index (χ1n) is 11.0. The van der Waals surface area contributed by atoms with Gasteiger partial charge in [0.25, 0.3) is 0 Å². The molecule has 5 heteroatoms. The number of fused-ring (bicyclic) bond motifs is 3. The van der Waals surface area contributed by atoms with E-state index in [4.69, 9.17) is 4.74 Å². The summed E-state index contributed by atoms with van der Waals surface area (Å²) in [6.07, 6.45) is 0. The Morgan fingerprint density at radius 1 is 0.765 bits per heavy atom. The lowest BCUT2D eigenvalue weighted by molar-refractivity contribution is 0.0734. The van der Waals surface area contributed by atoms with E-state index in [0.717, 1.165) is 38.5 Å². The molecular weight excluding hydrogens is 442 g/mol. The van der Waals surface area contributed by atoms with Gasteiger partial charge in [-0.1, -0.05) is 66.7 Å². The summed E-state index contributed by atoms with van der Waals surface area (Å²) in [5.74, 6) is 0.106. The molecule has 0 amide bonds. The predicted octanol–water partition coefficient (Wildman–Crippen LogP) is 6.77.